The Kier molecular flexibility index (Phi) is 8.60. The summed E-state index contributed by atoms with van der Waals surface area (Å²) in [6.45, 7) is 3.82. The highest BCUT2D eigenvalue weighted by atomic mass is 27.0. The quantitative estimate of drug-likeness (QED) is 0.223. The molecule has 0 amide bonds. The predicted octanol–water partition coefficient (Wildman–Crippen LogP) is 6.35. The number of phenols is 3. The van der Waals surface area contributed by atoms with Crippen molar-refractivity contribution >= 4 is 42.5 Å². The molecular formula is C32H27AlN2O3. The third kappa shape index (κ3) is 6.69. The Balaban J connectivity index is 0.000000133. The number of nitrogens with zero attached hydrogens (tertiary/aromatic N) is 2. The first-order chi connectivity index (χ1) is 18.3. The van der Waals surface area contributed by atoms with E-state index in [1.807, 2.05) is 86.6 Å². The lowest BCUT2D eigenvalue weighted by atomic mass is 10.1. The summed E-state index contributed by atoms with van der Waals surface area (Å²) >= 11 is 2.63. The Morgan fingerprint density at radius 3 is 1.58 bits per heavy atom. The second kappa shape index (κ2) is 12.2. The van der Waals surface area contributed by atoms with E-state index in [-0.39, 0.29) is 11.5 Å². The summed E-state index contributed by atoms with van der Waals surface area (Å²) in [5, 5.41) is 30.1. The fraction of sp³-hybridized carbons (Fsp3) is 0.0625. The van der Waals surface area contributed by atoms with E-state index in [1.165, 1.54) is 0 Å². The minimum absolute atomic E-state index is 0.246. The van der Waals surface area contributed by atoms with E-state index in [2.05, 4.69) is 38.4 Å². The maximum Gasteiger partial charge on any atom is 0.176 e. The van der Waals surface area contributed by atoms with E-state index < -0.39 is 0 Å². The van der Waals surface area contributed by atoms with Gasteiger partial charge in [-0.2, -0.15) is 0 Å². The van der Waals surface area contributed by atoms with Crippen LogP contribution in [0.2, 0.25) is 0 Å². The van der Waals surface area contributed by atoms with Crippen molar-refractivity contribution in [2.45, 2.75) is 13.8 Å². The molecular weight excluding hydrogens is 487 g/mol. The summed E-state index contributed by atoms with van der Waals surface area (Å²) in [4.78, 5) is 8.45. The van der Waals surface area contributed by atoms with E-state index in [0.29, 0.717) is 16.8 Å². The number of rotatable bonds is 1. The van der Waals surface area contributed by atoms with Gasteiger partial charge in [-0.1, -0.05) is 72.8 Å². The van der Waals surface area contributed by atoms with Crippen LogP contribution in [0.1, 0.15) is 11.4 Å². The molecule has 38 heavy (non-hydrogen) atoms. The molecule has 2 heterocycles. The molecule has 0 aliphatic heterocycles. The molecule has 3 N–H and O–H groups in total. The highest BCUT2D eigenvalue weighted by Gasteiger charge is 2.01. The lowest BCUT2D eigenvalue weighted by Gasteiger charge is -2.06. The molecule has 0 fully saturated rings. The van der Waals surface area contributed by atoms with Gasteiger partial charge in [-0.15, -0.1) is 4.43 Å². The molecule has 0 spiro atoms. The zero-order valence-corrected chi connectivity index (χ0v) is 22.4. The first kappa shape index (κ1) is 26.7. The monoisotopic (exact) mass is 514 g/mol. The van der Waals surface area contributed by atoms with E-state index in [0.717, 1.165) is 37.7 Å². The van der Waals surface area contributed by atoms with E-state index in [1.54, 1.807) is 24.3 Å². The Hall–Kier alpha value is -4.37. The van der Waals surface area contributed by atoms with Gasteiger partial charge in [0.05, 0.1) is 0 Å². The first-order valence-electron chi connectivity index (χ1n) is 12.1. The van der Waals surface area contributed by atoms with Gasteiger partial charge in [0.25, 0.3) is 0 Å². The van der Waals surface area contributed by atoms with E-state index in [4.69, 9.17) is 0 Å². The molecule has 6 heteroatoms. The summed E-state index contributed by atoms with van der Waals surface area (Å²) in [7, 11) is 0. The highest BCUT2D eigenvalue weighted by molar-refractivity contribution is 6.36. The number of benzene rings is 4. The van der Waals surface area contributed by atoms with Gasteiger partial charge in [0.2, 0.25) is 0 Å². The Bertz CT molecular complexity index is 1600. The maximum absolute atomic E-state index is 9.43. The van der Waals surface area contributed by atoms with Gasteiger partial charge >= 0.3 is 0 Å². The van der Waals surface area contributed by atoms with Crippen molar-refractivity contribution in [2.24, 2.45) is 0 Å². The van der Waals surface area contributed by atoms with Crippen LogP contribution < -0.4 is 4.43 Å². The standard InChI is InChI=1S/C12H9O.2C10H9NO.Al/c13-12-8-6-11(7-9-12)10-4-2-1-3-5-10;2*1-7-5-6-8-3-2-4-9(12)10(8)11-7;/h1-6,8-9,13H;2*2-6,12H,1H3;. The molecule has 4 aromatic carbocycles. The van der Waals surface area contributed by atoms with Crippen molar-refractivity contribution in [1.29, 1.82) is 0 Å². The van der Waals surface area contributed by atoms with Crippen molar-refractivity contribution in [1.82, 2.24) is 9.97 Å². The number of phenolic OH excluding ortho intramolecular Hbond substituents is 3. The third-order valence-electron chi connectivity index (χ3n) is 5.80. The number of hydrogen-bond donors (Lipinski definition) is 3. The number of para-hydroxylation sites is 2. The highest BCUT2D eigenvalue weighted by Crippen LogP contribution is 2.23. The summed E-state index contributed by atoms with van der Waals surface area (Å²) in [5.41, 5.74) is 5.49. The molecule has 0 aliphatic rings. The van der Waals surface area contributed by atoms with Crippen molar-refractivity contribution in [3.63, 3.8) is 0 Å². The SMILES string of the molecule is Cc1ccc2cccc(O)c2n1.Cc1ccc2cccc(O)c2n1.Oc1ccc(-c2ccccc2)[c]([Al])c1. The number of hydrogen-bond acceptors (Lipinski definition) is 5. The summed E-state index contributed by atoms with van der Waals surface area (Å²) in [6.07, 6.45) is 0. The molecule has 6 rings (SSSR count). The minimum Gasteiger partial charge on any atom is -0.508 e. The van der Waals surface area contributed by atoms with Gasteiger partial charge < -0.3 is 15.3 Å². The topological polar surface area (TPSA) is 86.5 Å². The minimum atomic E-state index is 0.246. The molecule has 0 unspecified atom stereocenters. The lowest BCUT2D eigenvalue weighted by Crippen LogP contribution is -2.05. The fourth-order valence-corrected chi connectivity index (χ4v) is 4.32. The van der Waals surface area contributed by atoms with Gasteiger partial charge in [-0.25, -0.2) is 9.97 Å². The number of fused-ring (bicyclic) bond motifs is 2. The normalized spacial score (nSPS) is 10.3. The second-order valence-electron chi connectivity index (χ2n) is 8.74. The zero-order valence-electron chi connectivity index (χ0n) is 21.2. The van der Waals surface area contributed by atoms with Crippen LogP contribution in [-0.2, 0) is 0 Å². The molecule has 0 aliphatic carbocycles. The fourth-order valence-electron chi connectivity index (χ4n) is 3.89. The van der Waals surface area contributed by atoms with Crippen LogP contribution in [-0.4, -0.2) is 41.6 Å². The van der Waals surface area contributed by atoms with Crippen molar-refractivity contribution in [3.8, 4) is 28.4 Å². The van der Waals surface area contributed by atoms with Crippen LogP contribution in [0.3, 0.4) is 0 Å². The Labute approximate surface area is 230 Å². The van der Waals surface area contributed by atoms with Crippen molar-refractivity contribution < 1.29 is 15.3 Å². The first-order valence-corrected chi connectivity index (χ1v) is 12.6. The predicted molar refractivity (Wildman–Crippen MR) is 155 cm³/mol. The molecule has 0 saturated carbocycles. The number of pyridine rings is 2. The average molecular weight is 515 g/mol. The Morgan fingerprint density at radius 2 is 1.08 bits per heavy atom. The number of aromatic hydroxyl groups is 3. The smallest absolute Gasteiger partial charge is 0.176 e. The van der Waals surface area contributed by atoms with Gasteiger partial charge in [0.15, 0.2) is 16.3 Å². The van der Waals surface area contributed by atoms with Crippen LogP contribution in [0, 0.1) is 13.8 Å². The van der Waals surface area contributed by atoms with Gasteiger partial charge in [-0.3, -0.25) is 0 Å². The van der Waals surface area contributed by atoms with Crippen LogP contribution in [0.15, 0.2) is 109 Å². The van der Waals surface area contributed by atoms with Gasteiger partial charge in [0.1, 0.15) is 28.3 Å². The number of aryl methyl sites for hydroxylation is 2. The van der Waals surface area contributed by atoms with Crippen LogP contribution in [0.5, 0.6) is 17.2 Å². The second-order valence-corrected chi connectivity index (χ2v) is 9.36. The summed E-state index contributed by atoms with van der Waals surface area (Å²) in [6, 6.07) is 34.1. The molecule has 2 radical (unpaired) electrons. The molecule has 0 atom stereocenters. The van der Waals surface area contributed by atoms with Crippen LogP contribution >= 0.6 is 0 Å². The number of aromatic nitrogens is 2. The molecule has 0 bridgehead atoms. The largest absolute Gasteiger partial charge is 0.508 e. The summed E-state index contributed by atoms with van der Waals surface area (Å²) < 4.78 is 1.01. The van der Waals surface area contributed by atoms with E-state index >= 15 is 0 Å². The molecule has 6 aromatic rings. The van der Waals surface area contributed by atoms with Gasteiger partial charge in [-0.05, 0) is 61.4 Å². The maximum atomic E-state index is 9.43. The zero-order chi connectivity index (χ0) is 27.1. The van der Waals surface area contributed by atoms with Crippen molar-refractivity contribution in [3.05, 3.63) is 121 Å². The summed E-state index contributed by atoms with van der Waals surface area (Å²) in [5.74, 6) is 0.794. The molecule has 186 valence electrons. The Morgan fingerprint density at radius 1 is 0.553 bits per heavy atom. The van der Waals surface area contributed by atoms with Crippen LogP contribution in [0.25, 0.3) is 32.9 Å². The van der Waals surface area contributed by atoms with E-state index in [9.17, 15) is 15.3 Å². The molecule has 2 aromatic heterocycles. The lowest BCUT2D eigenvalue weighted by molar-refractivity contribution is 0.476. The van der Waals surface area contributed by atoms with Crippen molar-refractivity contribution in [2.75, 3.05) is 0 Å². The average Bonchev–Trinajstić information content (AvgIpc) is 2.91. The third-order valence-corrected chi connectivity index (χ3v) is 6.27. The van der Waals surface area contributed by atoms with Crippen LogP contribution in [0.4, 0.5) is 0 Å². The molecule has 5 nitrogen and oxygen atoms in total. The molecule has 0 saturated heterocycles. The van der Waals surface area contributed by atoms with Gasteiger partial charge in [0, 0.05) is 22.2 Å².